The molecule has 0 spiro atoms. The largest absolute Gasteiger partial charge is 0.376 e. The van der Waals surface area contributed by atoms with Crippen LogP contribution in [0.5, 0.6) is 0 Å². The number of pyridine rings is 1. The molecule has 0 aromatic carbocycles. The summed E-state index contributed by atoms with van der Waals surface area (Å²) in [6.07, 6.45) is 4.67. The van der Waals surface area contributed by atoms with E-state index in [1.54, 1.807) is 6.20 Å². The van der Waals surface area contributed by atoms with Crippen LogP contribution < -0.4 is 5.32 Å². The summed E-state index contributed by atoms with van der Waals surface area (Å²) in [5, 5.41) is 2.90. The smallest absolute Gasteiger partial charge is 0.224 e. The minimum Gasteiger partial charge on any atom is -0.376 e. The van der Waals surface area contributed by atoms with Gasteiger partial charge in [0.25, 0.3) is 0 Å². The molecule has 3 rings (SSSR count). The quantitative estimate of drug-likeness (QED) is 0.816. The van der Waals surface area contributed by atoms with Crippen LogP contribution in [0.4, 0.5) is 0 Å². The molecule has 7 nitrogen and oxygen atoms in total. The fraction of sp³-hybridized carbons (Fsp3) is 0.625. The van der Waals surface area contributed by atoms with E-state index in [-0.39, 0.29) is 30.5 Å². The predicted molar refractivity (Wildman–Crippen MR) is 88.8 cm³/mol. The molecule has 0 bridgehead atoms. The average molecular weight is 353 g/mol. The maximum absolute atomic E-state index is 12.4. The van der Waals surface area contributed by atoms with E-state index in [1.165, 1.54) is 10.6 Å². The summed E-state index contributed by atoms with van der Waals surface area (Å²) < 4.78 is 31.1. The lowest BCUT2D eigenvalue weighted by Crippen LogP contribution is -2.54. The summed E-state index contributed by atoms with van der Waals surface area (Å²) in [5.74, 6) is -0.490. The van der Waals surface area contributed by atoms with Gasteiger partial charge < -0.3 is 10.1 Å². The molecule has 2 aliphatic heterocycles. The number of nitrogens with zero attached hydrogens (tertiary/aromatic N) is 2. The zero-order valence-electron chi connectivity index (χ0n) is 13.7. The molecule has 0 unspecified atom stereocenters. The van der Waals surface area contributed by atoms with Gasteiger partial charge in [-0.3, -0.25) is 9.78 Å². The SMILES string of the molecule is CS(=O)(=O)N1C[C@@H](C(=O)NCCc2ccccn2)C[C@H]2OCC[C@H]21. The first-order valence-electron chi connectivity index (χ1n) is 8.21. The van der Waals surface area contributed by atoms with Crippen LogP contribution in [0.15, 0.2) is 24.4 Å². The Morgan fingerprint density at radius 3 is 3.00 bits per heavy atom. The molecule has 2 saturated heterocycles. The molecule has 3 atom stereocenters. The van der Waals surface area contributed by atoms with Gasteiger partial charge in [-0.05, 0) is 25.0 Å². The van der Waals surface area contributed by atoms with Crippen molar-refractivity contribution >= 4 is 15.9 Å². The third-order valence-electron chi connectivity index (χ3n) is 4.67. The van der Waals surface area contributed by atoms with Crippen LogP contribution in [0.25, 0.3) is 0 Å². The monoisotopic (exact) mass is 353 g/mol. The number of rotatable bonds is 5. The van der Waals surface area contributed by atoms with Crippen LogP contribution in [-0.4, -0.2) is 61.7 Å². The number of aromatic nitrogens is 1. The Morgan fingerprint density at radius 2 is 2.29 bits per heavy atom. The number of piperidine rings is 1. The Morgan fingerprint density at radius 1 is 1.46 bits per heavy atom. The van der Waals surface area contributed by atoms with Gasteiger partial charge in [0, 0.05) is 38.0 Å². The van der Waals surface area contributed by atoms with Gasteiger partial charge in [0.2, 0.25) is 15.9 Å². The average Bonchev–Trinajstić information content (AvgIpc) is 3.02. The lowest BCUT2D eigenvalue weighted by molar-refractivity contribution is -0.128. The van der Waals surface area contributed by atoms with E-state index in [0.717, 1.165) is 5.69 Å². The first-order valence-corrected chi connectivity index (χ1v) is 10.1. The molecule has 1 aromatic heterocycles. The number of amides is 1. The van der Waals surface area contributed by atoms with Crippen LogP contribution in [0.1, 0.15) is 18.5 Å². The highest BCUT2D eigenvalue weighted by atomic mass is 32.2. The van der Waals surface area contributed by atoms with Crippen LogP contribution in [0, 0.1) is 5.92 Å². The molecule has 0 saturated carbocycles. The topological polar surface area (TPSA) is 88.6 Å². The Bertz CT molecular complexity index is 680. The highest BCUT2D eigenvalue weighted by molar-refractivity contribution is 7.88. The van der Waals surface area contributed by atoms with Gasteiger partial charge in [-0.25, -0.2) is 8.42 Å². The van der Waals surface area contributed by atoms with Crippen molar-refractivity contribution in [3.63, 3.8) is 0 Å². The second kappa shape index (κ2) is 7.16. The maximum Gasteiger partial charge on any atom is 0.224 e. The molecule has 2 aliphatic rings. The van der Waals surface area contributed by atoms with E-state index in [1.807, 2.05) is 18.2 Å². The molecule has 1 amide bonds. The summed E-state index contributed by atoms with van der Waals surface area (Å²) in [5.41, 5.74) is 0.915. The fourth-order valence-corrected chi connectivity index (χ4v) is 4.66. The first-order chi connectivity index (χ1) is 11.4. The molecule has 1 N–H and O–H groups in total. The molecule has 1 aromatic rings. The van der Waals surface area contributed by atoms with Gasteiger partial charge in [0.05, 0.1) is 24.3 Å². The molecule has 2 fully saturated rings. The zero-order chi connectivity index (χ0) is 17.2. The van der Waals surface area contributed by atoms with Crippen molar-refractivity contribution in [2.45, 2.75) is 31.4 Å². The van der Waals surface area contributed by atoms with E-state index in [4.69, 9.17) is 4.74 Å². The van der Waals surface area contributed by atoms with Crippen LogP contribution >= 0.6 is 0 Å². The van der Waals surface area contributed by atoms with Crippen LogP contribution in [0.3, 0.4) is 0 Å². The van der Waals surface area contributed by atoms with Crippen molar-refractivity contribution in [3.8, 4) is 0 Å². The Kier molecular flexibility index (Phi) is 5.17. The van der Waals surface area contributed by atoms with Gasteiger partial charge in [-0.2, -0.15) is 4.31 Å². The molecular formula is C16H23N3O4S. The van der Waals surface area contributed by atoms with E-state index >= 15 is 0 Å². The molecule has 8 heteroatoms. The minimum absolute atomic E-state index is 0.117. The third-order valence-corrected chi connectivity index (χ3v) is 5.94. The summed E-state index contributed by atoms with van der Waals surface area (Å²) in [4.78, 5) is 16.7. The van der Waals surface area contributed by atoms with E-state index in [2.05, 4.69) is 10.3 Å². The Hall–Kier alpha value is -1.51. The normalized spacial score (nSPS) is 27.6. The molecule has 24 heavy (non-hydrogen) atoms. The highest BCUT2D eigenvalue weighted by Crippen LogP contribution is 2.32. The van der Waals surface area contributed by atoms with Crippen molar-refractivity contribution in [1.29, 1.82) is 0 Å². The lowest BCUT2D eigenvalue weighted by Gasteiger charge is -2.38. The Balaban J connectivity index is 1.58. The van der Waals surface area contributed by atoms with Crippen molar-refractivity contribution in [2.75, 3.05) is 26.0 Å². The molecule has 3 heterocycles. The number of sulfonamides is 1. The summed E-state index contributed by atoms with van der Waals surface area (Å²) >= 11 is 0. The number of carbonyl (C=O) groups excluding carboxylic acids is 1. The number of fused-ring (bicyclic) bond motifs is 1. The summed E-state index contributed by atoms with van der Waals surface area (Å²) in [6.45, 7) is 1.27. The van der Waals surface area contributed by atoms with Crippen molar-refractivity contribution < 1.29 is 17.9 Å². The second-order valence-corrected chi connectivity index (χ2v) is 8.33. The molecule has 0 aliphatic carbocycles. The second-order valence-electron chi connectivity index (χ2n) is 6.39. The van der Waals surface area contributed by atoms with Gasteiger partial charge >= 0.3 is 0 Å². The Labute approximate surface area is 142 Å². The number of hydrogen-bond acceptors (Lipinski definition) is 5. The standard InChI is InChI=1S/C16H23N3O4S/c1-24(21,22)19-11-12(10-15-14(19)6-9-23-15)16(20)18-8-5-13-4-2-3-7-17-13/h2-4,7,12,14-15H,5-6,8-11H2,1H3,(H,18,20)/t12-,14+,15+/m0/s1. The first kappa shape index (κ1) is 17.3. The number of carbonyl (C=O) groups is 1. The maximum atomic E-state index is 12.4. The van der Waals surface area contributed by atoms with Crippen molar-refractivity contribution in [3.05, 3.63) is 30.1 Å². The van der Waals surface area contributed by atoms with E-state index in [9.17, 15) is 13.2 Å². The van der Waals surface area contributed by atoms with Gasteiger partial charge in [0.1, 0.15) is 0 Å². The highest BCUT2D eigenvalue weighted by Gasteiger charge is 2.45. The molecule has 0 radical (unpaired) electrons. The van der Waals surface area contributed by atoms with Gasteiger partial charge in [0.15, 0.2) is 0 Å². The van der Waals surface area contributed by atoms with Gasteiger partial charge in [-0.15, -0.1) is 0 Å². The number of hydrogen-bond donors (Lipinski definition) is 1. The third kappa shape index (κ3) is 3.93. The van der Waals surface area contributed by atoms with Crippen molar-refractivity contribution in [1.82, 2.24) is 14.6 Å². The predicted octanol–water partition coefficient (Wildman–Crippen LogP) is 0.179. The summed E-state index contributed by atoms with van der Waals surface area (Å²) in [7, 11) is -3.35. The van der Waals surface area contributed by atoms with E-state index in [0.29, 0.717) is 32.4 Å². The van der Waals surface area contributed by atoms with E-state index < -0.39 is 10.0 Å². The van der Waals surface area contributed by atoms with Crippen molar-refractivity contribution in [2.24, 2.45) is 5.92 Å². The number of ether oxygens (including phenoxy) is 1. The zero-order valence-corrected chi connectivity index (χ0v) is 14.5. The lowest BCUT2D eigenvalue weighted by atomic mass is 9.91. The molecule has 132 valence electrons. The minimum atomic E-state index is -3.35. The fourth-order valence-electron chi connectivity index (χ4n) is 3.47. The van der Waals surface area contributed by atoms with Crippen LogP contribution in [-0.2, 0) is 26.0 Å². The number of nitrogens with one attached hydrogen (secondary N) is 1. The van der Waals surface area contributed by atoms with Gasteiger partial charge in [-0.1, -0.05) is 6.07 Å². The molecular weight excluding hydrogens is 330 g/mol. The van der Waals surface area contributed by atoms with Crippen LogP contribution in [0.2, 0.25) is 0 Å². The summed E-state index contributed by atoms with van der Waals surface area (Å²) in [6, 6.07) is 5.54.